The maximum Gasteiger partial charge on any atom is 0.241 e. The van der Waals surface area contributed by atoms with Crippen LogP contribution < -0.4 is 11.1 Å². The number of hydrogen-bond acceptors (Lipinski definition) is 2. The third-order valence-corrected chi connectivity index (χ3v) is 3.01. The van der Waals surface area contributed by atoms with Gasteiger partial charge in [0.15, 0.2) is 0 Å². The second kappa shape index (κ2) is 6.07. The highest BCUT2D eigenvalue weighted by Gasteiger charge is 2.12. The van der Waals surface area contributed by atoms with E-state index in [0.29, 0.717) is 0 Å². The Labute approximate surface area is 104 Å². The molecule has 1 rings (SSSR count). The first-order chi connectivity index (χ1) is 7.15. The van der Waals surface area contributed by atoms with Gasteiger partial charge >= 0.3 is 0 Å². The first-order valence-electron chi connectivity index (χ1n) is 4.96. The molecule has 0 fully saturated rings. The van der Waals surface area contributed by atoms with Crippen LogP contribution in [0.15, 0.2) is 24.3 Å². The monoisotopic (exact) mass is 318 g/mol. The SMILES string of the molecule is CCC[C@@H](N)C(=O)Nc1ccccc1I. The molecule has 1 aromatic rings. The van der Waals surface area contributed by atoms with Crippen molar-refractivity contribution in [2.45, 2.75) is 25.8 Å². The summed E-state index contributed by atoms with van der Waals surface area (Å²) >= 11 is 2.18. The molecule has 0 bridgehead atoms. The van der Waals surface area contributed by atoms with E-state index in [-0.39, 0.29) is 5.91 Å². The predicted molar refractivity (Wildman–Crippen MR) is 70.7 cm³/mol. The number of anilines is 1. The molecular formula is C11H15IN2O. The first-order valence-corrected chi connectivity index (χ1v) is 6.04. The molecule has 0 heterocycles. The summed E-state index contributed by atoms with van der Waals surface area (Å²) in [7, 11) is 0. The minimum absolute atomic E-state index is 0.110. The molecule has 0 aromatic heterocycles. The summed E-state index contributed by atoms with van der Waals surface area (Å²) in [6.45, 7) is 2.01. The van der Waals surface area contributed by atoms with Gasteiger partial charge in [-0.05, 0) is 41.1 Å². The van der Waals surface area contributed by atoms with Crippen molar-refractivity contribution in [3.63, 3.8) is 0 Å². The second-order valence-electron chi connectivity index (χ2n) is 3.36. The highest BCUT2D eigenvalue weighted by molar-refractivity contribution is 14.1. The van der Waals surface area contributed by atoms with Crippen molar-refractivity contribution in [2.24, 2.45) is 5.73 Å². The van der Waals surface area contributed by atoms with Gasteiger partial charge in [-0.2, -0.15) is 0 Å². The summed E-state index contributed by atoms with van der Waals surface area (Å²) in [4.78, 5) is 11.6. The number of para-hydroxylation sites is 1. The van der Waals surface area contributed by atoms with Gasteiger partial charge in [-0.1, -0.05) is 25.5 Å². The Kier molecular flexibility index (Phi) is 5.04. The number of nitrogens with one attached hydrogen (secondary N) is 1. The number of rotatable bonds is 4. The smallest absolute Gasteiger partial charge is 0.241 e. The van der Waals surface area contributed by atoms with Crippen LogP contribution in [0.4, 0.5) is 5.69 Å². The largest absolute Gasteiger partial charge is 0.324 e. The fraction of sp³-hybridized carbons (Fsp3) is 0.364. The zero-order valence-electron chi connectivity index (χ0n) is 8.66. The Hall–Kier alpha value is -0.620. The molecule has 0 saturated heterocycles. The maximum absolute atomic E-state index is 11.6. The third-order valence-electron chi connectivity index (χ3n) is 2.07. The highest BCUT2D eigenvalue weighted by Crippen LogP contribution is 2.17. The average Bonchev–Trinajstić information content (AvgIpc) is 2.21. The van der Waals surface area contributed by atoms with Crippen molar-refractivity contribution in [3.8, 4) is 0 Å². The molecule has 82 valence electrons. The van der Waals surface area contributed by atoms with Crippen LogP contribution >= 0.6 is 22.6 Å². The quantitative estimate of drug-likeness (QED) is 0.838. The van der Waals surface area contributed by atoms with Crippen molar-refractivity contribution < 1.29 is 4.79 Å². The molecule has 1 aromatic carbocycles. The maximum atomic E-state index is 11.6. The molecule has 0 unspecified atom stereocenters. The Morgan fingerprint density at radius 3 is 2.80 bits per heavy atom. The van der Waals surface area contributed by atoms with Crippen LogP contribution in [-0.2, 0) is 4.79 Å². The van der Waals surface area contributed by atoms with Gasteiger partial charge < -0.3 is 11.1 Å². The van der Waals surface area contributed by atoms with Crippen LogP contribution in [0.2, 0.25) is 0 Å². The molecule has 1 atom stereocenters. The van der Waals surface area contributed by atoms with E-state index in [1.54, 1.807) is 0 Å². The van der Waals surface area contributed by atoms with Crippen LogP contribution in [-0.4, -0.2) is 11.9 Å². The Morgan fingerprint density at radius 2 is 2.20 bits per heavy atom. The van der Waals surface area contributed by atoms with Gasteiger partial charge in [0, 0.05) is 3.57 Å². The average molecular weight is 318 g/mol. The molecule has 3 nitrogen and oxygen atoms in total. The van der Waals surface area contributed by atoms with Crippen molar-refractivity contribution >= 4 is 34.2 Å². The standard InChI is InChI=1S/C11H15IN2O/c1-2-5-9(13)11(15)14-10-7-4-3-6-8(10)12/h3-4,6-7,9H,2,5,13H2,1H3,(H,14,15)/t9-/m1/s1. The normalized spacial score (nSPS) is 12.2. The lowest BCUT2D eigenvalue weighted by molar-refractivity contribution is -0.117. The van der Waals surface area contributed by atoms with Crippen molar-refractivity contribution in [3.05, 3.63) is 27.8 Å². The molecule has 0 spiro atoms. The molecule has 3 N–H and O–H groups in total. The zero-order valence-corrected chi connectivity index (χ0v) is 10.8. The van der Waals surface area contributed by atoms with E-state index in [9.17, 15) is 4.79 Å². The number of benzene rings is 1. The van der Waals surface area contributed by atoms with Gasteiger partial charge in [-0.3, -0.25) is 4.79 Å². The Bertz CT molecular complexity index is 341. The second-order valence-corrected chi connectivity index (χ2v) is 4.53. The fourth-order valence-corrected chi connectivity index (χ4v) is 1.75. The van der Waals surface area contributed by atoms with E-state index in [1.807, 2.05) is 31.2 Å². The highest BCUT2D eigenvalue weighted by atomic mass is 127. The van der Waals surface area contributed by atoms with Gasteiger partial charge in [0.2, 0.25) is 5.91 Å². The lowest BCUT2D eigenvalue weighted by Crippen LogP contribution is -2.35. The van der Waals surface area contributed by atoms with E-state index < -0.39 is 6.04 Å². The van der Waals surface area contributed by atoms with E-state index >= 15 is 0 Å². The van der Waals surface area contributed by atoms with Gasteiger partial charge in [-0.15, -0.1) is 0 Å². The van der Waals surface area contributed by atoms with Gasteiger partial charge in [0.25, 0.3) is 0 Å². The number of hydrogen-bond donors (Lipinski definition) is 2. The van der Waals surface area contributed by atoms with Crippen LogP contribution in [0.3, 0.4) is 0 Å². The van der Waals surface area contributed by atoms with Gasteiger partial charge in [0.05, 0.1) is 11.7 Å². The first kappa shape index (κ1) is 12.4. The lowest BCUT2D eigenvalue weighted by Gasteiger charge is -2.12. The van der Waals surface area contributed by atoms with Gasteiger partial charge in [-0.25, -0.2) is 0 Å². The third kappa shape index (κ3) is 3.79. The summed E-state index contributed by atoms with van der Waals surface area (Å²) in [6.07, 6.45) is 1.63. The topological polar surface area (TPSA) is 55.1 Å². The molecule has 0 radical (unpaired) electrons. The summed E-state index contributed by atoms with van der Waals surface area (Å²) in [6, 6.07) is 7.23. The predicted octanol–water partition coefficient (Wildman–Crippen LogP) is 2.36. The van der Waals surface area contributed by atoms with Crippen molar-refractivity contribution in [1.29, 1.82) is 0 Å². The summed E-state index contributed by atoms with van der Waals surface area (Å²) in [5, 5.41) is 2.82. The fourth-order valence-electron chi connectivity index (χ4n) is 1.23. The molecular weight excluding hydrogens is 303 g/mol. The zero-order chi connectivity index (χ0) is 11.3. The number of carbonyl (C=O) groups excluding carboxylic acids is 1. The Balaban J connectivity index is 2.62. The molecule has 0 aliphatic carbocycles. The summed E-state index contributed by atoms with van der Waals surface area (Å²) < 4.78 is 1.02. The summed E-state index contributed by atoms with van der Waals surface area (Å²) in [5.41, 5.74) is 6.54. The lowest BCUT2D eigenvalue weighted by atomic mass is 10.1. The minimum atomic E-state index is -0.411. The molecule has 0 aliphatic rings. The molecule has 1 amide bonds. The number of amides is 1. The summed E-state index contributed by atoms with van der Waals surface area (Å²) in [5.74, 6) is -0.110. The minimum Gasteiger partial charge on any atom is -0.324 e. The van der Waals surface area contributed by atoms with Crippen LogP contribution in [0.5, 0.6) is 0 Å². The molecule has 15 heavy (non-hydrogen) atoms. The molecule has 0 saturated carbocycles. The molecule has 4 heteroatoms. The van der Waals surface area contributed by atoms with E-state index in [0.717, 1.165) is 22.1 Å². The van der Waals surface area contributed by atoms with Crippen LogP contribution in [0.1, 0.15) is 19.8 Å². The van der Waals surface area contributed by atoms with Crippen molar-refractivity contribution in [1.82, 2.24) is 0 Å². The number of nitrogens with two attached hydrogens (primary N) is 1. The van der Waals surface area contributed by atoms with Crippen LogP contribution in [0.25, 0.3) is 0 Å². The van der Waals surface area contributed by atoms with E-state index in [2.05, 4.69) is 27.9 Å². The Morgan fingerprint density at radius 1 is 1.53 bits per heavy atom. The van der Waals surface area contributed by atoms with Gasteiger partial charge in [0.1, 0.15) is 0 Å². The van der Waals surface area contributed by atoms with Crippen molar-refractivity contribution in [2.75, 3.05) is 5.32 Å². The van der Waals surface area contributed by atoms with Crippen LogP contribution in [0, 0.1) is 3.57 Å². The molecule has 0 aliphatic heterocycles. The number of carbonyl (C=O) groups is 1. The number of halogens is 1. The van der Waals surface area contributed by atoms with E-state index in [1.165, 1.54) is 0 Å². The van der Waals surface area contributed by atoms with E-state index in [4.69, 9.17) is 5.73 Å².